The fraction of sp³-hybridized carbons (Fsp3) is 1.00. The zero-order valence-corrected chi connectivity index (χ0v) is 9.13. The Hall–Kier alpha value is -0.0800. The Kier molecular flexibility index (Phi) is 4.74. The van der Waals surface area contributed by atoms with Crippen LogP contribution in [0.15, 0.2) is 0 Å². The molecule has 0 bridgehead atoms. The van der Waals surface area contributed by atoms with E-state index in [2.05, 4.69) is 18.9 Å². The standard InChI is InChI=1S/C11H24N2/c1-3-10(9-12)7-8-13(2)11-5-4-6-11/h10-11H,3-9,12H2,1-2H3. The van der Waals surface area contributed by atoms with Crippen LogP contribution in [0.5, 0.6) is 0 Å². The van der Waals surface area contributed by atoms with Crippen LogP contribution in [0.3, 0.4) is 0 Å². The predicted molar refractivity (Wildman–Crippen MR) is 57.7 cm³/mol. The Labute approximate surface area is 82.5 Å². The largest absolute Gasteiger partial charge is 0.330 e. The molecule has 1 rings (SSSR count). The smallest absolute Gasteiger partial charge is 0.00922 e. The van der Waals surface area contributed by atoms with E-state index in [1.54, 1.807) is 0 Å². The number of hydrogen-bond donors (Lipinski definition) is 1. The number of nitrogens with two attached hydrogens (primary N) is 1. The molecule has 1 unspecified atom stereocenters. The highest BCUT2D eigenvalue weighted by molar-refractivity contribution is 4.78. The van der Waals surface area contributed by atoms with E-state index in [0.717, 1.165) is 18.5 Å². The van der Waals surface area contributed by atoms with Crippen LogP contribution < -0.4 is 5.73 Å². The van der Waals surface area contributed by atoms with Crippen LogP contribution >= 0.6 is 0 Å². The summed E-state index contributed by atoms with van der Waals surface area (Å²) in [6.45, 7) is 4.33. The summed E-state index contributed by atoms with van der Waals surface area (Å²) in [5, 5.41) is 0. The lowest BCUT2D eigenvalue weighted by molar-refractivity contribution is 0.150. The molecule has 0 aromatic carbocycles. The minimum absolute atomic E-state index is 0.738. The van der Waals surface area contributed by atoms with E-state index >= 15 is 0 Å². The van der Waals surface area contributed by atoms with Gasteiger partial charge in [-0.3, -0.25) is 0 Å². The van der Waals surface area contributed by atoms with Crippen molar-refractivity contribution < 1.29 is 0 Å². The Bertz CT molecular complexity index is 128. The molecule has 0 radical (unpaired) electrons. The lowest BCUT2D eigenvalue weighted by Gasteiger charge is -2.35. The highest BCUT2D eigenvalue weighted by Gasteiger charge is 2.21. The highest BCUT2D eigenvalue weighted by atomic mass is 15.1. The first kappa shape index (κ1) is 11.0. The van der Waals surface area contributed by atoms with Crippen molar-refractivity contribution in [1.29, 1.82) is 0 Å². The van der Waals surface area contributed by atoms with E-state index in [1.165, 1.54) is 38.6 Å². The second-order valence-corrected chi connectivity index (χ2v) is 4.36. The van der Waals surface area contributed by atoms with Gasteiger partial charge in [-0.05, 0) is 45.3 Å². The van der Waals surface area contributed by atoms with Gasteiger partial charge in [0.2, 0.25) is 0 Å². The molecule has 78 valence electrons. The third kappa shape index (κ3) is 3.28. The van der Waals surface area contributed by atoms with Crippen molar-refractivity contribution >= 4 is 0 Å². The number of nitrogens with zero attached hydrogens (tertiary/aromatic N) is 1. The Morgan fingerprint density at radius 3 is 2.54 bits per heavy atom. The molecular formula is C11H24N2. The van der Waals surface area contributed by atoms with Crippen LogP contribution in [0, 0.1) is 5.92 Å². The first-order valence-corrected chi connectivity index (χ1v) is 5.68. The molecule has 2 nitrogen and oxygen atoms in total. The predicted octanol–water partition coefficient (Wildman–Crippen LogP) is 1.85. The van der Waals surface area contributed by atoms with Crippen molar-refractivity contribution in [2.24, 2.45) is 11.7 Å². The molecule has 1 aliphatic carbocycles. The maximum absolute atomic E-state index is 5.67. The molecule has 0 spiro atoms. The van der Waals surface area contributed by atoms with E-state index in [-0.39, 0.29) is 0 Å². The van der Waals surface area contributed by atoms with Gasteiger partial charge in [0.05, 0.1) is 0 Å². The lowest BCUT2D eigenvalue weighted by atomic mass is 9.91. The van der Waals surface area contributed by atoms with Gasteiger partial charge >= 0.3 is 0 Å². The maximum atomic E-state index is 5.67. The van der Waals surface area contributed by atoms with E-state index in [4.69, 9.17) is 5.73 Å². The van der Waals surface area contributed by atoms with Crippen LogP contribution in [0.25, 0.3) is 0 Å². The fourth-order valence-corrected chi connectivity index (χ4v) is 1.88. The second kappa shape index (κ2) is 5.61. The molecule has 1 atom stereocenters. The first-order valence-electron chi connectivity index (χ1n) is 5.68. The molecule has 2 heteroatoms. The number of rotatable bonds is 6. The Balaban J connectivity index is 2.09. The molecule has 0 aliphatic heterocycles. The molecule has 0 heterocycles. The van der Waals surface area contributed by atoms with Gasteiger partial charge in [-0.1, -0.05) is 19.8 Å². The summed E-state index contributed by atoms with van der Waals surface area (Å²) in [6.07, 6.45) is 6.77. The summed E-state index contributed by atoms with van der Waals surface area (Å²) in [7, 11) is 2.26. The van der Waals surface area contributed by atoms with E-state index < -0.39 is 0 Å². The van der Waals surface area contributed by atoms with Gasteiger partial charge in [0.15, 0.2) is 0 Å². The first-order chi connectivity index (χ1) is 6.27. The van der Waals surface area contributed by atoms with Crippen LogP contribution in [0.4, 0.5) is 0 Å². The molecule has 2 N–H and O–H groups in total. The van der Waals surface area contributed by atoms with Crippen LogP contribution in [0.1, 0.15) is 39.0 Å². The minimum atomic E-state index is 0.738. The topological polar surface area (TPSA) is 29.3 Å². The quantitative estimate of drug-likeness (QED) is 0.682. The zero-order valence-electron chi connectivity index (χ0n) is 9.13. The molecule has 0 aromatic heterocycles. The molecule has 0 saturated heterocycles. The van der Waals surface area contributed by atoms with Gasteiger partial charge in [0.1, 0.15) is 0 Å². The normalized spacial score (nSPS) is 20.3. The average molecular weight is 184 g/mol. The van der Waals surface area contributed by atoms with Gasteiger partial charge in [-0.15, -0.1) is 0 Å². The van der Waals surface area contributed by atoms with Crippen molar-refractivity contribution in [3.05, 3.63) is 0 Å². The van der Waals surface area contributed by atoms with Crippen molar-refractivity contribution in [2.45, 2.75) is 45.1 Å². The molecular weight excluding hydrogens is 160 g/mol. The highest BCUT2D eigenvalue weighted by Crippen LogP contribution is 2.24. The summed E-state index contributed by atoms with van der Waals surface area (Å²) in [6, 6.07) is 0.885. The second-order valence-electron chi connectivity index (χ2n) is 4.36. The summed E-state index contributed by atoms with van der Waals surface area (Å²) in [4.78, 5) is 2.52. The van der Waals surface area contributed by atoms with Crippen LogP contribution in [-0.4, -0.2) is 31.1 Å². The maximum Gasteiger partial charge on any atom is 0.00922 e. The molecule has 1 fully saturated rings. The molecule has 1 saturated carbocycles. The van der Waals surface area contributed by atoms with Gasteiger partial charge < -0.3 is 10.6 Å². The summed E-state index contributed by atoms with van der Waals surface area (Å²) < 4.78 is 0. The lowest BCUT2D eigenvalue weighted by Crippen LogP contribution is -2.38. The SMILES string of the molecule is CCC(CN)CCN(C)C1CCC1. The van der Waals surface area contributed by atoms with Gasteiger partial charge in [0.25, 0.3) is 0 Å². The zero-order chi connectivity index (χ0) is 9.68. The van der Waals surface area contributed by atoms with Gasteiger partial charge in [0, 0.05) is 6.04 Å². The Morgan fingerprint density at radius 1 is 1.46 bits per heavy atom. The van der Waals surface area contributed by atoms with Crippen molar-refractivity contribution in [1.82, 2.24) is 4.90 Å². The molecule has 0 amide bonds. The van der Waals surface area contributed by atoms with Crippen molar-refractivity contribution in [3.63, 3.8) is 0 Å². The monoisotopic (exact) mass is 184 g/mol. The summed E-state index contributed by atoms with van der Waals surface area (Å²) >= 11 is 0. The van der Waals surface area contributed by atoms with Crippen LogP contribution in [-0.2, 0) is 0 Å². The minimum Gasteiger partial charge on any atom is -0.330 e. The van der Waals surface area contributed by atoms with Crippen LogP contribution in [0.2, 0.25) is 0 Å². The third-order valence-electron chi connectivity index (χ3n) is 3.50. The van der Waals surface area contributed by atoms with Gasteiger partial charge in [-0.25, -0.2) is 0 Å². The summed E-state index contributed by atoms with van der Waals surface area (Å²) in [5.41, 5.74) is 5.67. The summed E-state index contributed by atoms with van der Waals surface area (Å²) in [5.74, 6) is 0.738. The van der Waals surface area contributed by atoms with Crippen molar-refractivity contribution in [3.8, 4) is 0 Å². The third-order valence-corrected chi connectivity index (χ3v) is 3.50. The fourth-order valence-electron chi connectivity index (χ4n) is 1.88. The molecule has 1 aliphatic rings. The Morgan fingerprint density at radius 2 is 2.15 bits per heavy atom. The molecule has 13 heavy (non-hydrogen) atoms. The number of hydrogen-bond acceptors (Lipinski definition) is 2. The van der Waals surface area contributed by atoms with Crippen molar-refractivity contribution in [2.75, 3.05) is 20.1 Å². The van der Waals surface area contributed by atoms with E-state index in [9.17, 15) is 0 Å². The van der Waals surface area contributed by atoms with E-state index in [0.29, 0.717) is 0 Å². The molecule has 0 aromatic rings. The van der Waals surface area contributed by atoms with E-state index in [1.807, 2.05) is 0 Å². The van der Waals surface area contributed by atoms with Gasteiger partial charge in [-0.2, -0.15) is 0 Å². The average Bonchev–Trinajstić information content (AvgIpc) is 2.03.